The highest BCUT2D eigenvalue weighted by Gasteiger charge is 2.29. The molecule has 7 heteroatoms. The van der Waals surface area contributed by atoms with Crippen molar-refractivity contribution in [1.29, 1.82) is 0 Å². The molecule has 0 saturated heterocycles. The van der Waals surface area contributed by atoms with Gasteiger partial charge in [0, 0.05) is 10.7 Å². The van der Waals surface area contributed by atoms with E-state index in [0.29, 0.717) is 16.4 Å². The SMILES string of the molecule is CCc1ccccc1NC(=O)[C@@H](C)N(c1cccc(Cl)c1)S(C)(=O)=O. The third kappa shape index (κ3) is 4.74. The quantitative estimate of drug-likeness (QED) is 0.830. The molecule has 1 N–H and O–H groups in total. The number of para-hydroxylation sites is 1. The summed E-state index contributed by atoms with van der Waals surface area (Å²) in [6, 6.07) is 12.9. The molecular formula is C18H21ClN2O3S. The number of nitrogens with one attached hydrogen (secondary N) is 1. The average molecular weight is 381 g/mol. The number of aryl methyl sites for hydroxylation is 1. The van der Waals surface area contributed by atoms with E-state index < -0.39 is 22.0 Å². The maximum absolute atomic E-state index is 12.7. The van der Waals surface area contributed by atoms with E-state index in [1.54, 1.807) is 31.2 Å². The van der Waals surface area contributed by atoms with Gasteiger partial charge in [-0.05, 0) is 43.2 Å². The van der Waals surface area contributed by atoms with E-state index in [1.165, 1.54) is 6.07 Å². The summed E-state index contributed by atoms with van der Waals surface area (Å²) in [5.41, 5.74) is 2.01. The summed E-state index contributed by atoms with van der Waals surface area (Å²) < 4.78 is 25.6. The van der Waals surface area contributed by atoms with Crippen molar-refractivity contribution in [2.45, 2.75) is 26.3 Å². The molecule has 0 aromatic heterocycles. The van der Waals surface area contributed by atoms with Crippen molar-refractivity contribution in [3.05, 3.63) is 59.1 Å². The first kappa shape index (κ1) is 19.3. The maximum atomic E-state index is 12.7. The zero-order valence-electron chi connectivity index (χ0n) is 14.4. The van der Waals surface area contributed by atoms with Gasteiger partial charge < -0.3 is 5.32 Å². The van der Waals surface area contributed by atoms with Crippen molar-refractivity contribution in [3.63, 3.8) is 0 Å². The second-order valence-electron chi connectivity index (χ2n) is 5.71. The highest BCUT2D eigenvalue weighted by Crippen LogP contribution is 2.25. The fourth-order valence-electron chi connectivity index (χ4n) is 2.61. The van der Waals surface area contributed by atoms with E-state index >= 15 is 0 Å². The van der Waals surface area contributed by atoms with Gasteiger partial charge in [-0.25, -0.2) is 8.42 Å². The van der Waals surface area contributed by atoms with Crippen LogP contribution < -0.4 is 9.62 Å². The molecule has 0 radical (unpaired) electrons. The Morgan fingerprint density at radius 3 is 2.48 bits per heavy atom. The molecule has 2 aromatic rings. The van der Waals surface area contributed by atoms with Gasteiger partial charge >= 0.3 is 0 Å². The smallest absolute Gasteiger partial charge is 0.248 e. The first-order valence-corrected chi connectivity index (χ1v) is 10.1. The normalized spacial score (nSPS) is 12.5. The number of hydrogen-bond acceptors (Lipinski definition) is 3. The van der Waals surface area contributed by atoms with E-state index in [2.05, 4.69) is 5.32 Å². The topological polar surface area (TPSA) is 66.5 Å². The molecule has 0 saturated carbocycles. The van der Waals surface area contributed by atoms with E-state index in [0.717, 1.165) is 22.5 Å². The molecule has 0 heterocycles. The predicted octanol–water partition coefficient (Wildman–Crippen LogP) is 3.70. The molecule has 0 aliphatic heterocycles. The molecule has 5 nitrogen and oxygen atoms in total. The van der Waals surface area contributed by atoms with Crippen LogP contribution in [0.4, 0.5) is 11.4 Å². The number of benzene rings is 2. The number of carbonyl (C=O) groups excluding carboxylic acids is 1. The van der Waals surface area contributed by atoms with E-state index in [4.69, 9.17) is 11.6 Å². The predicted molar refractivity (Wildman–Crippen MR) is 103 cm³/mol. The van der Waals surface area contributed by atoms with Gasteiger partial charge in [-0.15, -0.1) is 0 Å². The van der Waals surface area contributed by atoms with Crippen molar-refractivity contribution in [3.8, 4) is 0 Å². The Kier molecular flexibility index (Phi) is 6.08. The zero-order chi connectivity index (χ0) is 18.6. The van der Waals surface area contributed by atoms with Crippen molar-refractivity contribution in [2.75, 3.05) is 15.9 Å². The number of hydrogen-bond donors (Lipinski definition) is 1. The van der Waals surface area contributed by atoms with Crippen LogP contribution in [-0.2, 0) is 21.2 Å². The van der Waals surface area contributed by atoms with Crippen molar-refractivity contribution < 1.29 is 13.2 Å². The number of amides is 1. The summed E-state index contributed by atoms with van der Waals surface area (Å²) in [7, 11) is -3.67. The molecule has 134 valence electrons. The summed E-state index contributed by atoms with van der Waals surface area (Å²) in [6.07, 6.45) is 1.83. The van der Waals surface area contributed by atoms with Crippen LogP contribution in [0.3, 0.4) is 0 Å². The Morgan fingerprint density at radius 2 is 1.88 bits per heavy atom. The highest BCUT2D eigenvalue weighted by atomic mass is 35.5. The van der Waals surface area contributed by atoms with Gasteiger partial charge in [0.05, 0.1) is 11.9 Å². The molecule has 2 rings (SSSR count). The summed E-state index contributed by atoms with van der Waals surface area (Å²) in [6.45, 7) is 3.54. The molecule has 0 fully saturated rings. The number of halogens is 1. The van der Waals surface area contributed by atoms with Crippen LogP contribution in [0.25, 0.3) is 0 Å². The molecule has 1 amide bonds. The fourth-order valence-corrected chi connectivity index (χ4v) is 3.96. The molecule has 25 heavy (non-hydrogen) atoms. The van der Waals surface area contributed by atoms with Crippen LogP contribution in [0.1, 0.15) is 19.4 Å². The molecule has 0 bridgehead atoms. The number of sulfonamides is 1. The third-order valence-electron chi connectivity index (χ3n) is 3.81. The summed E-state index contributed by atoms with van der Waals surface area (Å²) >= 11 is 5.97. The lowest BCUT2D eigenvalue weighted by Crippen LogP contribution is -2.45. The Bertz CT molecular complexity index is 868. The molecule has 2 aromatic carbocycles. The van der Waals surface area contributed by atoms with Crippen molar-refractivity contribution >= 4 is 38.9 Å². The zero-order valence-corrected chi connectivity index (χ0v) is 15.9. The van der Waals surface area contributed by atoms with Crippen molar-refractivity contribution in [1.82, 2.24) is 0 Å². The van der Waals surface area contributed by atoms with Gasteiger partial charge in [0.15, 0.2) is 0 Å². The van der Waals surface area contributed by atoms with Crippen molar-refractivity contribution in [2.24, 2.45) is 0 Å². The second-order valence-corrected chi connectivity index (χ2v) is 8.01. The van der Waals surface area contributed by atoms with Gasteiger partial charge in [0.25, 0.3) is 0 Å². The standard InChI is InChI=1S/C18H21ClN2O3S/c1-4-14-8-5-6-11-17(14)20-18(22)13(2)21(25(3,23)24)16-10-7-9-15(19)12-16/h5-13H,4H2,1-3H3,(H,20,22)/t13-/m1/s1. The summed E-state index contributed by atoms with van der Waals surface area (Å²) in [5.74, 6) is -0.411. The van der Waals surface area contributed by atoms with Gasteiger partial charge in [0.1, 0.15) is 6.04 Å². The first-order valence-electron chi connectivity index (χ1n) is 7.87. The van der Waals surface area contributed by atoms with Crippen LogP contribution in [-0.4, -0.2) is 26.6 Å². The van der Waals surface area contributed by atoms with E-state index in [9.17, 15) is 13.2 Å². The Hall–Kier alpha value is -2.05. The molecule has 1 atom stereocenters. The number of nitrogens with zero attached hydrogens (tertiary/aromatic N) is 1. The minimum absolute atomic E-state index is 0.349. The first-order chi connectivity index (χ1) is 11.7. The summed E-state index contributed by atoms with van der Waals surface area (Å²) in [5, 5.41) is 3.22. The van der Waals surface area contributed by atoms with Gasteiger partial charge in [0.2, 0.25) is 15.9 Å². The van der Waals surface area contributed by atoms with Gasteiger partial charge in [-0.1, -0.05) is 42.8 Å². The number of carbonyl (C=O) groups is 1. The molecular weight excluding hydrogens is 360 g/mol. The van der Waals surface area contributed by atoms with Crippen LogP contribution in [0.15, 0.2) is 48.5 Å². The Morgan fingerprint density at radius 1 is 1.20 bits per heavy atom. The molecule has 0 aliphatic carbocycles. The molecule has 0 aliphatic rings. The largest absolute Gasteiger partial charge is 0.324 e. The van der Waals surface area contributed by atoms with Gasteiger partial charge in [-0.2, -0.15) is 0 Å². The minimum atomic E-state index is -3.67. The van der Waals surface area contributed by atoms with Crippen LogP contribution in [0, 0.1) is 0 Å². The maximum Gasteiger partial charge on any atom is 0.248 e. The lowest BCUT2D eigenvalue weighted by atomic mass is 10.1. The van der Waals surface area contributed by atoms with Gasteiger partial charge in [-0.3, -0.25) is 9.10 Å². The second kappa shape index (κ2) is 7.89. The van der Waals surface area contributed by atoms with Crippen LogP contribution in [0.5, 0.6) is 0 Å². The third-order valence-corrected chi connectivity index (χ3v) is 5.28. The lowest BCUT2D eigenvalue weighted by Gasteiger charge is -2.28. The van der Waals surface area contributed by atoms with E-state index in [1.807, 2.05) is 25.1 Å². The van der Waals surface area contributed by atoms with Crippen LogP contribution >= 0.6 is 11.6 Å². The minimum Gasteiger partial charge on any atom is -0.324 e. The highest BCUT2D eigenvalue weighted by molar-refractivity contribution is 7.92. The summed E-state index contributed by atoms with van der Waals surface area (Å²) in [4.78, 5) is 12.7. The lowest BCUT2D eigenvalue weighted by molar-refractivity contribution is -0.116. The molecule has 0 unspecified atom stereocenters. The Labute approximate surface area is 153 Å². The number of anilines is 2. The monoisotopic (exact) mass is 380 g/mol. The fraction of sp³-hybridized carbons (Fsp3) is 0.278. The number of rotatable bonds is 6. The van der Waals surface area contributed by atoms with Crippen LogP contribution in [0.2, 0.25) is 5.02 Å². The Balaban J connectivity index is 2.33. The average Bonchev–Trinajstić information content (AvgIpc) is 2.54. The van der Waals surface area contributed by atoms with E-state index in [-0.39, 0.29) is 0 Å². The molecule has 0 spiro atoms.